The average molecular weight is 476 g/mol. The topological polar surface area (TPSA) is 117 Å². The molecule has 2 heterocycles. The fourth-order valence-corrected chi connectivity index (χ4v) is 5.20. The molecule has 31 heavy (non-hydrogen) atoms. The maximum Gasteiger partial charge on any atom is 0.272 e. The molecular formula is C20H15Cl2N5O3S. The SMILES string of the molecule is Cc1c(NC(=O)c2cc3ccccc3[nH]2)cc(Cl)c(S(=O)(=O)Nc2ncccn2)c1Cl. The van der Waals surface area contributed by atoms with Crippen LogP contribution in [0.4, 0.5) is 11.6 Å². The van der Waals surface area contributed by atoms with E-state index in [4.69, 9.17) is 23.2 Å². The van der Waals surface area contributed by atoms with Gasteiger partial charge in [0.25, 0.3) is 15.9 Å². The molecule has 4 rings (SSSR count). The summed E-state index contributed by atoms with van der Waals surface area (Å²) in [6.45, 7) is 1.58. The third kappa shape index (κ3) is 4.20. The molecule has 4 aromatic rings. The van der Waals surface area contributed by atoms with E-state index < -0.39 is 15.9 Å². The van der Waals surface area contributed by atoms with Crippen LogP contribution in [0, 0.1) is 6.92 Å². The molecule has 0 aliphatic heterocycles. The summed E-state index contributed by atoms with van der Waals surface area (Å²) in [6.07, 6.45) is 2.78. The van der Waals surface area contributed by atoms with Gasteiger partial charge in [-0.2, -0.15) is 0 Å². The van der Waals surface area contributed by atoms with E-state index in [0.29, 0.717) is 11.3 Å². The molecule has 0 saturated heterocycles. The predicted octanol–water partition coefficient (Wildman–Crippen LogP) is 4.63. The number of nitrogens with one attached hydrogen (secondary N) is 3. The first-order valence-electron chi connectivity index (χ1n) is 8.94. The molecule has 0 atom stereocenters. The predicted molar refractivity (Wildman–Crippen MR) is 120 cm³/mol. The lowest BCUT2D eigenvalue weighted by atomic mass is 10.2. The number of hydrogen-bond donors (Lipinski definition) is 3. The van der Waals surface area contributed by atoms with Crippen LogP contribution in [0.3, 0.4) is 0 Å². The minimum Gasteiger partial charge on any atom is -0.351 e. The van der Waals surface area contributed by atoms with Crippen molar-refractivity contribution >= 4 is 61.7 Å². The second-order valence-corrected chi connectivity index (χ2v) is 8.98. The van der Waals surface area contributed by atoms with Gasteiger partial charge in [0.1, 0.15) is 10.6 Å². The van der Waals surface area contributed by atoms with Gasteiger partial charge in [-0.05, 0) is 36.8 Å². The fourth-order valence-electron chi connectivity index (χ4n) is 2.98. The Morgan fingerprint density at radius 1 is 1.06 bits per heavy atom. The summed E-state index contributed by atoms with van der Waals surface area (Å²) in [4.78, 5) is 23.1. The number of nitrogens with zero attached hydrogens (tertiary/aromatic N) is 2. The van der Waals surface area contributed by atoms with E-state index in [0.717, 1.165) is 10.9 Å². The normalized spacial score (nSPS) is 11.5. The molecule has 0 bridgehead atoms. The van der Waals surface area contributed by atoms with E-state index in [9.17, 15) is 13.2 Å². The molecular weight excluding hydrogens is 461 g/mol. The summed E-state index contributed by atoms with van der Waals surface area (Å²) in [7, 11) is -4.17. The highest BCUT2D eigenvalue weighted by atomic mass is 35.5. The van der Waals surface area contributed by atoms with Crippen LogP contribution in [-0.4, -0.2) is 29.3 Å². The number of benzene rings is 2. The van der Waals surface area contributed by atoms with Gasteiger partial charge in [0, 0.05) is 29.0 Å². The standard InChI is InChI=1S/C20H15Cl2N5O3S/c1-11-15(26-19(28)16-9-12-5-2-3-6-14(12)25-16)10-13(21)18(17(11)22)31(29,30)27-20-23-7-4-8-24-20/h2-10,25H,1H3,(H,26,28)(H,23,24,27). The molecule has 2 aromatic carbocycles. The second-order valence-electron chi connectivity index (χ2n) is 6.58. The summed E-state index contributed by atoms with van der Waals surface area (Å²) >= 11 is 12.6. The van der Waals surface area contributed by atoms with Crippen molar-refractivity contribution in [2.24, 2.45) is 0 Å². The quantitative estimate of drug-likeness (QED) is 0.389. The van der Waals surface area contributed by atoms with Crippen LogP contribution in [-0.2, 0) is 10.0 Å². The number of fused-ring (bicyclic) bond motifs is 1. The molecule has 8 nitrogen and oxygen atoms in total. The van der Waals surface area contributed by atoms with Crippen molar-refractivity contribution in [3.05, 3.63) is 76.2 Å². The molecule has 0 saturated carbocycles. The highest BCUT2D eigenvalue weighted by molar-refractivity contribution is 7.93. The van der Waals surface area contributed by atoms with E-state index in [1.54, 1.807) is 19.1 Å². The number of halogens is 2. The molecule has 0 aliphatic carbocycles. The Labute approximate surface area is 187 Å². The largest absolute Gasteiger partial charge is 0.351 e. The Hall–Kier alpha value is -3.14. The summed E-state index contributed by atoms with van der Waals surface area (Å²) in [5.41, 5.74) is 1.78. The Balaban J connectivity index is 1.65. The molecule has 0 fully saturated rings. The Morgan fingerprint density at radius 3 is 2.48 bits per heavy atom. The number of H-pyrrole nitrogens is 1. The van der Waals surface area contributed by atoms with Gasteiger partial charge in [0.15, 0.2) is 0 Å². The average Bonchev–Trinajstić information content (AvgIpc) is 3.16. The van der Waals surface area contributed by atoms with Gasteiger partial charge in [-0.3, -0.25) is 4.79 Å². The van der Waals surface area contributed by atoms with Crippen LogP contribution in [0.1, 0.15) is 16.1 Å². The molecule has 0 spiro atoms. The van der Waals surface area contributed by atoms with Gasteiger partial charge >= 0.3 is 0 Å². The van der Waals surface area contributed by atoms with Gasteiger partial charge in [0.2, 0.25) is 5.95 Å². The van der Waals surface area contributed by atoms with Crippen molar-refractivity contribution in [3.8, 4) is 0 Å². The number of amides is 1. The van der Waals surface area contributed by atoms with Crippen molar-refractivity contribution in [1.82, 2.24) is 15.0 Å². The van der Waals surface area contributed by atoms with Gasteiger partial charge in [-0.15, -0.1) is 0 Å². The second kappa shape index (κ2) is 8.18. The van der Waals surface area contributed by atoms with Crippen LogP contribution in [0.5, 0.6) is 0 Å². The highest BCUT2D eigenvalue weighted by Crippen LogP contribution is 2.37. The molecule has 3 N–H and O–H groups in total. The number of anilines is 2. The van der Waals surface area contributed by atoms with Crippen LogP contribution in [0.2, 0.25) is 10.0 Å². The number of aromatic amines is 1. The summed E-state index contributed by atoms with van der Waals surface area (Å²) in [5.74, 6) is -0.540. The van der Waals surface area contributed by atoms with E-state index in [1.807, 2.05) is 24.3 Å². The zero-order chi connectivity index (χ0) is 22.2. The van der Waals surface area contributed by atoms with Crippen molar-refractivity contribution in [3.63, 3.8) is 0 Å². The van der Waals surface area contributed by atoms with Crippen LogP contribution in [0.15, 0.2) is 59.8 Å². The zero-order valence-corrected chi connectivity index (χ0v) is 18.3. The van der Waals surface area contributed by atoms with Gasteiger partial charge in [0.05, 0.1) is 10.0 Å². The fraction of sp³-hybridized carbons (Fsp3) is 0.0500. The number of hydrogen-bond acceptors (Lipinski definition) is 5. The lowest BCUT2D eigenvalue weighted by Crippen LogP contribution is -2.18. The Bertz CT molecular complexity index is 1370. The van der Waals surface area contributed by atoms with Crippen molar-refractivity contribution in [2.75, 3.05) is 10.0 Å². The van der Waals surface area contributed by atoms with Crippen molar-refractivity contribution in [2.45, 2.75) is 11.8 Å². The van der Waals surface area contributed by atoms with Gasteiger partial charge < -0.3 is 10.3 Å². The number of rotatable bonds is 5. The number of carbonyl (C=O) groups is 1. The number of aromatic nitrogens is 3. The third-order valence-electron chi connectivity index (χ3n) is 4.50. The molecule has 1 amide bonds. The first-order valence-corrected chi connectivity index (χ1v) is 11.2. The number of sulfonamides is 1. The molecule has 0 unspecified atom stereocenters. The minimum absolute atomic E-state index is 0.122. The first kappa shape index (κ1) is 21.1. The minimum atomic E-state index is -4.17. The summed E-state index contributed by atoms with van der Waals surface area (Å²) in [5, 5.41) is 3.32. The zero-order valence-electron chi connectivity index (χ0n) is 16.0. The molecule has 11 heteroatoms. The summed E-state index contributed by atoms with van der Waals surface area (Å²) in [6, 6.07) is 12.1. The van der Waals surface area contributed by atoms with Gasteiger partial charge in [-0.25, -0.2) is 23.1 Å². The molecule has 0 aliphatic rings. The van der Waals surface area contributed by atoms with Gasteiger partial charge in [-0.1, -0.05) is 41.4 Å². The first-order chi connectivity index (χ1) is 14.8. The van der Waals surface area contributed by atoms with Crippen LogP contribution in [0.25, 0.3) is 10.9 Å². The Kier molecular flexibility index (Phi) is 5.57. The van der Waals surface area contributed by atoms with Crippen molar-refractivity contribution in [1.29, 1.82) is 0 Å². The van der Waals surface area contributed by atoms with E-state index in [2.05, 4.69) is 25.0 Å². The molecule has 2 aromatic heterocycles. The van der Waals surface area contributed by atoms with E-state index in [-0.39, 0.29) is 26.6 Å². The maximum absolute atomic E-state index is 12.8. The third-order valence-corrected chi connectivity index (χ3v) is 6.91. The highest BCUT2D eigenvalue weighted by Gasteiger charge is 2.26. The lowest BCUT2D eigenvalue weighted by Gasteiger charge is -2.15. The van der Waals surface area contributed by atoms with E-state index >= 15 is 0 Å². The number of carbonyl (C=O) groups excluding carboxylic acids is 1. The Morgan fingerprint density at radius 2 is 1.77 bits per heavy atom. The lowest BCUT2D eigenvalue weighted by molar-refractivity contribution is 0.102. The van der Waals surface area contributed by atoms with E-state index in [1.165, 1.54) is 18.5 Å². The van der Waals surface area contributed by atoms with Crippen LogP contribution >= 0.6 is 23.2 Å². The monoisotopic (exact) mass is 475 g/mol. The molecule has 158 valence electrons. The molecule has 0 radical (unpaired) electrons. The maximum atomic E-state index is 12.8. The van der Waals surface area contributed by atoms with Crippen molar-refractivity contribution < 1.29 is 13.2 Å². The summed E-state index contributed by atoms with van der Waals surface area (Å²) < 4.78 is 27.8. The smallest absolute Gasteiger partial charge is 0.272 e. The number of para-hydroxylation sites is 1. The van der Waals surface area contributed by atoms with Crippen LogP contribution < -0.4 is 10.0 Å².